The molecule has 6 heteroatoms. The number of nitrogens with zero attached hydrogens (tertiary/aromatic N) is 4. The Kier molecular flexibility index (Phi) is 4.46. The van der Waals surface area contributed by atoms with E-state index < -0.39 is 0 Å². The van der Waals surface area contributed by atoms with Gasteiger partial charge in [0.15, 0.2) is 0 Å². The van der Waals surface area contributed by atoms with Gasteiger partial charge >= 0.3 is 5.97 Å². The summed E-state index contributed by atoms with van der Waals surface area (Å²) in [6.45, 7) is 3.58. The number of hydrogen-bond donors (Lipinski definition) is 0. The Hall–Kier alpha value is -1.95. The van der Waals surface area contributed by atoms with Gasteiger partial charge in [0.25, 0.3) is 0 Å². The predicted octanol–water partition coefficient (Wildman–Crippen LogP) is 1.11. The van der Waals surface area contributed by atoms with Crippen LogP contribution in [0.15, 0.2) is 24.7 Å². The fourth-order valence-corrected chi connectivity index (χ4v) is 1.83. The highest BCUT2D eigenvalue weighted by molar-refractivity contribution is 5.69. The minimum Gasteiger partial charge on any atom is -0.466 e. The minimum absolute atomic E-state index is 0.161. The smallest absolute Gasteiger partial charge is 0.307 e. The van der Waals surface area contributed by atoms with Crippen LogP contribution < -0.4 is 0 Å². The van der Waals surface area contributed by atoms with Gasteiger partial charge in [-0.1, -0.05) is 0 Å². The van der Waals surface area contributed by atoms with Crippen LogP contribution in [0.5, 0.6) is 0 Å². The lowest BCUT2D eigenvalue weighted by molar-refractivity contribution is -0.143. The highest BCUT2D eigenvalue weighted by Gasteiger charge is 2.08. The topological polar surface area (TPSA) is 59.7 Å². The zero-order chi connectivity index (χ0) is 13.7. The average molecular weight is 262 g/mol. The summed E-state index contributed by atoms with van der Waals surface area (Å²) in [7, 11) is 1.96. The van der Waals surface area contributed by atoms with Crippen molar-refractivity contribution in [1.82, 2.24) is 19.3 Å². The van der Waals surface area contributed by atoms with E-state index in [4.69, 9.17) is 4.74 Å². The normalized spacial score (nSPS) is 11.1. The highest BCUT2D eigenvalue weighted by Crippen LogP contribution is 2.05. The van der Waals surface area contributed by atoms with Crippen LogP contribution in [-0.4, -0.2) is 45.4 Å². The molecule has 0 bridgehead atoms. The van der Waals surface area contributed by atoms with E-state index in [0.29, 0.717) is 31.9 Å². The monoisotopic (exact) mass is 262 g/mol. The zero-order valence-electron chi connectivity index (χ0n) is 11.2. The largest absolute Gasteiger partial charge is 0.466 e. The van der Waals surface area contributed by atoms with Gasteiger partial charge in [-0.15, -0.1) is 0 Å². The maximum atomic E-state index is 11.3. The van der Waals surface area contributed by atoms with Crippen molar-refractivity contribution < 1.29 is 9.53 Å². The van der Waals surface area contributed by atoms with Crippen LogP contribution in [0, 0.1) is 0 Å². The molecule has 2 aromatic heterocycles. The Morgan fingerprint density at radius 2 is 2.37 bits per heavy atom. The summed E-state index contributed by atoms with van der Waals surface area (Å²) in [4.78, 5) is 21.9. The van der Waals surface area contributed by atoms with Crippen LogP contribution in [0.25, 0.3) is 5.78 Å². The summed E-state index contributed by atoms with van der Waals surface area (Å²) < 4.78 is 6.78. The Labute approximate surface area is 112 Å². The second-order valence-corrected chi connectivity index (χ2v) is 4.35. The third kappa shape index (κ3) is 3.75. The average Bonchev–Trinajstić information content (AvgIpc) is 2.78. The molecule has 0 N–H and O–H groups in total. The first-order valence-electron chi connectivity index (χ1n) is 6.32. The Balaban J connectivity index is 1.88. The highest BCUT2D eigenvalue weighted by atomic mass is 16.5. The molecule has 0 atom stereocenters. The molecule has 0 aliphatic heterocycles. The van der Waals surface area contributed by atoms with Crippen molar-refractivity contribution in [2.75, 3.05) is 20.2 Å². The van der Waals surface area contributed by atoms with Crippen LogP contribution >= 0.6 is 0 Å². The molecule has 6 nitrogen and oxygen atoms in total. The lowest BCUT2D eigenvalue weighted by atomic mass is 10.3. The number of carbonyl (C=O) groups is 1. The quantitative estimate of drug-likeness (QED) is 0.730. The van der Waals surface area contributed by atoms with Gasteiger partial charge in [-0.2, -0.15) is 0 Å². The summed E-state index contributed by atoms with van der Waals surface area (Å²) in [5.41, 5.74) is 0.935. The second kappa shape index (κ2) is 6.29. The van der Waals surface area contributed by atoms with Crippen molar-refractivity contribution in [3.05, 3.63) is 30.4 Å². The van der Waals surface area contributed by atoms with E-state index in [9.17, 15) is 4.79 Å². The second-order valence-electron chi connectivity index (χ2n) is 4.35. The predicted molar refractivity (Wildman–Crippen MR) is 70.6 cm³/mol. The molecule has 0 aliphatic rings. The van der Waals surface area contributed by atoms with E-state index in [2.05, 4.69) is 9.97 Å². The summed E-state index contributed by atoms with van der Waals surface area (Å²) >= 11 is 0. The number of fused-ring (bicyclic) bond motifs is 1. The molecule has 19 heavy (non-hydrogen) atoms. The molecule has 0 aliphatic carbocycles. The van der Waals surface area contributed by atoms with Crippen molar-refractivity contribution in [3.8, 4) is 0 Å². The Morgan fingerprint density at radius 1 is 1.53 bits per heavy atom. The standard InChI is InChI=1S/C13H18N4O2/c1-3-19-12(18)5-8-16(2)9-11-10-17-7-4-6-14-13(17)15-11/h4,6-7,10H,3,5,8-9H2,1-2H3. The van der Waals surface area contributed by atoms with Gasteiger partial charge in [0.1, 0.15) is 0 Å². The van der Waals surface area contributed by atoms with E-state index in [1.807, 2.05) is 41.7 Å². The first-order chi connectivity index (χ1) is 9.19. The molecule has 0 unspecified atom stereocenters. The molecular weight excluding hydrogens is 244 g/mol. The van der Waals surface area contributed by atoms with Gasteiger partial charge < -0.3 is 4.74 Å². The number of imidazole rings is 1. The Morgan fingerprint density at radius 3 is 3.11 bits per heavy atom. The molecule has 0 saturated carbocycles. The number of esters is 1. The summed E-state index contributed by atoms with van der Waals surface area (Å²) in [6.07, 6.45) is 5.98. The van der Waals surface area contributed by atoms with Gasteiger partial charge in [0.05, 0.1) is 18.7 Å². The maximum absolute atomic E-state index is 11.3. The van der Waals surface area contributed by atoms with E-state index in [1.165, 1.54) is 0 Å². The van der Waals surface area contributed by atoms with Crippen molar-refractivity contribution in [2.24, 2.45) is 0 Å². The molecule has 0 aromatic carbocycles. The van der Waals surface area contributed by atoms with Gasteiger partial charge in [-0.3, -0.25) is 14.1 Å². The van der Waals surface area contributed by atoms with Crippen molar-refractivity contribution in [3.63, 3.8) is 0 Å². The lowest BCUT2D eigenvalue weighted by Gasteiger charge is -2.14. The van der Waals surface area contributed by atoms with Crippen LogP contribution in [-0.2, 0) is 16.1 Å². The molecule has 2 rings (SSSR count). The van der Waals surface area contributed by atoms with Crippen LogP contribution in [0.3, 0.4) is 0 Å². The van der Waals surface area contributed by atoms with Gasteiger partial charge in [-0.25, -0.2) is 9.97 Å². The SMILES string of the molecule is CCOC(=O)CCN(C)Cc1cn2cccnc2n1. The van der Waals surface area contributed by atoms with Gasteiger partial charge in [-0.05, 0) is 20.0 Å². The number of aromatic nitrogens is 3. The first-order valence-corrected chi connectivity index (χ1v) is 6.32. The molecule has 2 aromatic rings. The lowest BCUT2D eigenvalue weighted by Crippen LogP contribution is -2.22. The van der Waals surface area contributed by atoms with E-state index in [-0.39, 0.29) is 5.97 Å². The van der Waals surface area contributed by atoms with Gasteiger partial charge in [0, 0.05) is 31.7 Å². The third-order valence-corrected chi connectivity index (χ3v) is 2.72. The summed E-state index contributed by atoms with van der Waals surface area (Å²) in [6, 6.07) is 1.86. The first kappa shape index (κ1) is 13.5. The third-order valence-electron chi connectivity index (χ3n) is 2.72. The zero-order valence-corrected chi connectivity index (χ0v) is 11.2. The van der Waals surface area contributed by atoms with E-state index in [1.54, 1.807) is 6.20 Å². The van der Waals surface area contributed by atoms with Crippen molar-refractivity contribution in [1.29, 1.82) is 0 Å². The Bertz CT molecular complexity index is 519. The molecule has 2 heterocycles. The number of rotatable bonds is 6. The minimum atomic E-state index is -0.161. The fourth-order valence-electron chi connectivity index (χ4n) is 1.83. The number of carbonyl (C=O) groups excluding carboxylic acids is 1. The molecule has 0 saturated heterocycles. The fraction of sp³-hybridized carbons (Fsp3) is 0.462. The summed E-state index contributed by atoms with van der Waals surface area (Å²) in [5, 5.41) is 0. The molecular formula is C13H18N4O2. The number of ether oxygens (including phenoxy) is 1. The molecule has 0 spiro atoms. The molecule has 0 radical (unpaired) electrons. The van der Waals surface area contributed by atoms with Crippen LogP contribution in [0.4, 0.5) is 0 Å². The van der Waals surface area contributed by atoms with E-state index >= 15 is 0 Å². The maximum Gasteiger partial charge on any atom is 0.307 e. The van der Waals surface area contributed by atoms with Crippen LogP contribution in [0.1, 0.15) is 19.0 Å². The van der Waals surface area contributed by atoms with Gasteiger partial charge in [0.2, 0.25) is 5.78 Å². The number of hydrogen-bond acceptors (Lipinski definition) is 5. The molecule has 0 amide bonds. The summed E-state index contributed by atoms with van der Waals surface area (Å²) in [5.74, 6) is 0.530. The van der Waals surface area contributed by atoms with Crippen LogP contribution in [0.2, 0.25) is 0 Å². The molecule has 102 valence electrons. The molecule has 0 fully saturated rings. The van der Waals surface area contributed by atoms with Crippen molar-refractivity contribution in [2.45, 2.75) is 19.9 Å². The van der Waals surface area contributed by atoms with Crippen molar-refractivity contribution >= 4 is 11.7 Å². The van der Waals surface area contributed by atoms with E-state index in [0.717, 1.165) is 5.69 Å².